The number of nitrogens with zero attached hydrogens (tertiary/aromatic N) is 3. The molecular formula is C21H23F3N4O3. The Balaban J connectivity index is 1.74. The topological polar surface area (TPSA) is 82.3 Å². The summed E-state index contributed by atoms with van der Waals surface area (Å²) in [4.78, 5) is 4.72. The number of alkyl halides is 3. The average molecular weight is 436 g/mol. The maximum Gasteiger partial charge on any atom is 0.422 e. The van der Waals surface area contributed by atoms with E-state index in [-0.39, 0.29) is 29.1 Å². The Labute approximate surface area is 177 Å². The minimum Gasteiger partial charge on any atom is -0.484 e. The Hall–Kier alpha value is -2.88. The third kappa shape index (κ3) is 4.73. The number of aryl methyl sites for hydroxylation is 1. The number of fused-ring (bicyclic) bond motifs is 1. The minimum atomic E-state index is -4.41. The molecule has 1 N–H and O–H groups in total. The summed E-state index contributed by atoms with van der Waals surface area (Å²) in [5.41, 5.74) is 2.33. The number of hydrogen-bond acceptors (Lipinski definition) is 7. The molecule has 1 aromatic carbocycles. The number of halogens is 3. The van der Waals surface area contributed by atoms with Gasteiger partial charge in [-0.15, -0.1) is 5.10 Å². The van der Waals surface area contributed by atoms with Gasteiger partial charge in [-0.3, -0.25) is 0 Å². The summed E-state index contributed by atoms with van der Waals surface area (Å²) < 4.78 is 53.8. The van der Waals surface area contributed by atoms with E-state index in [0.717, 1.165) is 11.1 Å². The monoisotopic (exact) mass is 436 g/mol. The van der Waals surface area contributed by atoms with Crippen LogP contribution in [0.3, 0.4) is 0 Å². The van der Waals surface area contributed by atoms with Crippen LogP contribution in [-0.4, -0.2) is 47.2 Å². The Kier molecular flexibility index (Phi) is 5.28. The Bertz CT molecular complexity index is 1100. The predicted molar refractivity (Wildman–Crippen MR) is 108 cm³/mol. The second-order valence-electron chi connectivity index (χ2n) is 8.64. The van der Waals surface area contributed by atoms with Crippen molar-refractivity contribution >= 4 is 16.9 Å². The van der Waals surface area contributed by atoms with Crippen molar-refractivity contribution in [1.82, 2.24) is 15.2 Å². The molecule has 0 saturated carbocycles. The molecule has 166 valence electrons. The molecule has 0 radical (unpaired) electrons. The van der Waals surface area contributed by atoms with Crippen LogP contribution in [0.5, 0.6) is 5.75 Å². The van der Waals surface area contributed by atoms with E-state index in [4.69, 9.17) is 18.9 Å². The van der Waals surface area contributed by atoms with Crippen molar-refractivity contribution < 1.29 is 27.1 Å². The smallest absolute Gasteiger partial charge is 0.422 e. The van der Waals surface area contributed by atoms with Gasteiger partial charge >= 0.3 is 12.2 Å². The van der Waals surface area contributed by atoms with Crippen molar-refractivity contribution in [2.24, 2.45) is 0 Å². The second-order valence-corrected chi connectivity index (χ2v) is 8.64. The largest absolute Gasteiger partial charge is 0.484 e. The van der Waals surface area contributed by atoms with Gasteiger partial charge in [0.2, 0.25) is 0 Å². The highest BCUT2D eigenvalue weighted by molar-refractivity contribution is 5.89. The summed E-state index contributed by atoms with van der Waals surface area (Å²) in [5, 5.41) is 11.9. The first-order valence-corrected chi connectivity index (χ1v) is 9.83. The van der Waals surface area contributed by atoms with Crippen LogP contribution in [0.4, 0.5) is 19.2 Å². The van der Waals surface area contributed by atoms with Crippen molar-refractivity contribution in [3.8, 4) is 17.3 Å². The number of rotatable bonds is 5. The van der Waals surface area contributed by atoms with Crippen LogP contribution in [0.15, 0.2) is 22.6 Å². The zero-order valence-corrected chi connectivity index (χ0v) is 17.6. The van der Waals surface area contributed by atoms with Gasteiger partial charge in [0.1, 0.15) is 11.4 Å². The summed E-state index contributed by atoms with van der Waals surface area (Å²) >= 11 is 0. The van der Waals surface area contributed by atoms with Gasteiger partial charge in [-0.1, -0.05) is 25.9 Å². The summed E-state index contributed by atoms with van der Waals surface area (Å²) in [7, 11) is 0. The molecule has 3 aromatic rings. The summed E-state index contributed by atoms with van der Waals surface area (Å²) in [6.07, 6.45) is -4.41. The van der Waals surface area contributed by atoms with Crippen molar-refractivity contribution in [3.05, 3.63) is 29.3 Å². The summed E-state index contributed by atoms with van der Waals surface area (Å²) in [6.45, 7) is 7.57. The number of hydrogen-bond donors (Lipinski definition) is 1. The van der Waals surface area contributed by atoms with Crippen molar-refractivity contribution in [2.75, 3.05) is 25.1 Å². The van der Waals surface area contributed by atoms with E-state index in [1.807, 2.05) is 27.7 Å². The van der Waals surface area contributed by atoms with Crippen molar-refractivity contribution in [3.63, 3.8) is 0 Å². The molecule has 0 aliphatic carbocycles. The number of ether oxygens (including phenoxy) is 2. The van der Waals surface area contributed by atoms with Crippen LogP contribution in [0, 0.1) is 6.92 Å². The molecule has 1 fully saturated rings. The maximum absolute atomic E-state index is 12.6. The molecule has 1 saturated heterocycles. The maximum atomic E-state index is 12.6. The summed E-state index contributed by atoms with van der Waals surface area (Å²) in [5.74, 6) is 0.407. The van der Waals surface area contributed by atoms with Crippen LogP contribution < -0.4 is 10.1 Å². The normalized spacial score (nSPS) is 15.2. The number of pyridine rings is 1. The highest BCUT2D eigenvalue weighted by atomic mass is 19.4. The molecule has 31 heavy (non-hydrogen) atoms. The first-order valence-electron chi connectivity index (χ1n) is 9.83. The van der Waals surface area contributed by atoms with E-state index in [1.165, 1.54) is 0 Å². The molecule has 7 nitrogen and oxygen atoms in total. The number of aromatic nitrogens is 3. The van der Waals surface area contributed by atoms with Gasteiger partial charge in [0, 0.05) is 5.39 Å². The first-order chi connectivity index (χ1) is 14.5. The molecule has 0 spiro atoms. The van der Waals surface area contributed by atoms with Gasteiger partial charge in [-0.25, -0.2) is 4.98 Å². The predicted octanol–water partition coefficient (Wildman–Crippen LogP) is 4.64. The van der Waals surface area contributed by atoms with E-state index < -0.39 is 12.8 Å². The lowest BCUT2D eigenvalue weighted by atomic mass is 9.84. The quantitative estimate of drug-likeness (QED) is 0.624. The molecule has 10 heteroatoms. The standard InChI is InChI=1S/C21H23F3N4O3/c1-11-5-16(18-27-28-19(31-18)25-12-8-29-9-12)26-17-14(11)6-13(30-10-21(22,23)24)7-15(17)20(2,3)4/h5-7,12H,8-10H2,1-4H3,(H,25,28). The Morgan fingerprint density at radius 1 is 1.13 bits per heavy atom. The van der Waals surface area contributed by atoms with Gasteiger partial charge in [0.15, 0.2) is 6.61 Å². The number of nitrogens with one attached hydrogen (secondary N) is 1. The molecule has 0 bridgehead atoms. The summed E-state index contributed by atoms with van der Waals surface area (Å²) in [6, 6.07) is 5.39. The van der Waals surface area contributed by atoms with Gasteiger partial charge in [-0.2, -0.15) is 13.2 Å². The van der Waals surface area contributed by atoms with Gasteiger partial charge in [0.25, 0.3) is 5.89 Å². The fraction of sp³-hybridized carbons (Fsp3) is 0.476. The van der Waals surface area contributed by atoms with Crippen molar-refractivity contribution in [2.45, 2.75) is 45.3 Å². The lowest BCUT2D eigenvalue weighted by Crippen LogP contribution is -2.40. The Morgan fingerprint density at radius 3 is 2.48 bits per heavy atom. The average Bonchev–Trinajstić information content (AvgIpc) is 3.10. The second kappa shape index (κ2) is 7.67. The molecule has 4 rings (SSSR count). The van der Waals surface area contributed by atoms with E-state index >= 15 is 0 Å². The Morgan fingerprint density at radius 2 is 1.87 bits per heavy atom. The fourth-order valence-electron chi connectivity index (χ4n) is 3.27. The SMILES string of the molecule is Cc1cc(-c2nnc(NC3COC3)o2)nc2c(C(C)(C)C)cc(OCC(F)(F)F)cc12. The number of benzene rings is 1. The number of anilines is 1. The minimum absolute atomic E-state index is 0.141. The van der Waals surface area contributed by atoms with Crippen LogP contribution >= 0.6 is 0 Å². The molecular weight excluding hydrogens is 413 g/mol. The third-order valence-corrected chi connectivity index (χ3v) is 4.91. The van der Waals surface area contributed by atoms with Crippen LogP contribution in [0.1, 0.15) is 31.9 Å². The lowest BCUT2D eigenvalue weighted by molar-refractivity contribution is -0.153. The molecule has 1 aliphatic rings. The zero-order chi connectivity index (χ0) is 22.4. The zero-order valence-electron chi connectivity index (χ0n) is 17.6. The lowest BCUT2D eigenvalue weighted by Gasteiger charge is -2.25. The van der Waals surface area contributed by atoms with Crippen LogP contribution in [0.2, 0.25) is 0 Å². The van der Waals surface area contributed by atoms with Gasteiger partial charge < -0.3 is 19.2 Å². The highest BCUT2D eigenvalue weighted by Gasteiger charge is 2.29. The van der Waals surface area contributed by atoms with Gasteiger partial charge in [0.05, 0.1) is 24.8 Å². The van der Waals surface area contributed by atoms with Crippen LogP contribution in [0.25, 0.3) is 22.5 Å². The van der Waals surface area contributed by atoms with Gasteiger partial charge in [-0.05, 0) is 41.7 Å². The van der Waals surface area contributed by atoms with E-state index in [1.54, 1.807) is 18.2 Å². The highest BCUT2D eigenvalue weighted by Crippen LogP contribution is 2.36. The molecule has 2 aromatic heterocycles. The van der Waals surface area contributed by atoms with E-state index in [9.17, 15) is 13.2 Å². The molecule has 1 aliphatic heterocycles. The molecule has 3 heterocycles. The van der Waals surface area contributed by atoms with E-state index in [2.05, 4.69) is 15.5 Å². The third-order valence-electron chi connectivity index (χ3n) is 4.91. The molecule has 0 amide bonds. The first kappa shape index (κ1) is 21.4. The molecule has 0 unspecified atom stereocenters. The van der Waals surface area contributed by atoms with E-state index in [0.29, 0.717) is 29.8 Å². The van der Waals surface area contributed by atoms with Crippen molar-refractivity contribution in [1.29, 1.82) is 0 Å². The fourth-order valence-corrected chi connectivity index (χ4v) is 3.27. The molecule has 0 atom stereocenters. The van der Waals surface area contributed by atoms with Crippen LogP contribution in [-0.2, 0) is 10.2 Å².